The Labute approximate surface area is 115 Å². The quantitative estimate of drug-likeness (QED) is 0.774. The first-order valence-corrected chi connectivity index (χ1v) is 6.36. The number of hydrogen-bond donors (Lipinski definition) is 0. The third kappa shape index (κ3) is 2.11. The predicted molar refractivity (Wildman–Crippen MR) is 66.7 cm³/mol. The Bertz CT molecular complexity index is 544. The van der Waals surface area contributed by atoms with Crippen molar-refractivity contribution in [3.05, 3.63) is 30.1 Å². The molecule has 20 heavy (non-hydrogen) atoms. The van der Waals surface area contributed by atoms with Crippen LogP contribution in [0.2, 0.25) is 0 Å². The van der Waals surface area contributed by atoms with Crippen LogP contribution in [0.25, 0.3) is 0 Å². The summed E-state index contributed by atoms with van der Waals surface area (Å²) in [4.78, 5) is 42.0. The molecule has 3 rings (SSSR count). The van der Waals surface area contributed by atoms with Gasteiger partial charge in [-0.05, 0) is 18.6 Å². The van der Waals surface area contributed by atoms with Crippen molar-refractivity contribution in [1.29, 1.82) is 0 Å². The standard InChI is InChI=1S/C13H13N3O4/c17-11-8-20-13(19)16(11)9-4-6-15(7-9)12(18)10-3-1-2-5-14-10/h1-3,5,9H,4,6-8H2/t9-/m1/s1. The van der Waals surface area contributed by atoms with Crippen LogP contribution >= 0.6 is 0 Å². The van der Waals surface area contributed by atoms with Crippen LogP contribution < -0.4 is 0 Å². The molecule has 3 heterocycles. The van der Waals surface area contributed by atoms with Crippen LogP contribution in [0.1, 0.15) is 16.9 Å². The van der Waals surface area contributed by atoms with Crippen LogP contribution in [-0.4, -0.2) is 58.4 Å². The highest BCUT2D eigenvalue weighted by molar-refractivity contribution is 5.98. The maximum atomic E-state index is 12.2. The lowest BCUT2D eigenvalue weighted by Crippen LogP contribution is -2.42. The Balaban J connectivity index is 1.69. The third-order valence-electron chi connectivity index (χ3n) is 3.48. The highest BCUT2D eigenvalue weighted by Gasteiger charge is 2.41. The number of cyclic esters (lactones) is 1. The first kappa shape index (κ1) is 12.6. The van der Waals surface area contributed by atoms with E-state index >= 15 is 0 Å². The molecule has 0 radical (unpaired) electrons. The van der Waals surface area contributed by atoms with E-state index in [0.29, 0.717) is 25.2 Å². The minimum absolute atomic E-state index is 0.187. The fraction of sp³-hybridized carbons (Fsp3) is 0.385. The molecule has 0 saturated carbocycles. The van der Waals surface area contributed by atoms with Crippen LogP contribution in [0.4, 0.5) is 4.79 Å². The molecule has 0 spiro atoms. The minimum atomic E-state index is -0.618. The van der Waals surface area contributed by atoms with Gasteiger partial charge in [0.2, 0.25) is 0 Å². The van der Waals surface area contributed by atoms with Crippen molar-refractivity contribution < 1.29 is 19.1 Å². The van der Waals surface area contributed by atoms with E-state index < -0.39 is 6.09 Å². The zero-order chi connectivity index (χ0) is 14.1. The van der Waals surface area contributed by atoms with Gasteiger partial charge in [-0.15, -0.1) is 0 Å². The molecule has 1 aromatic heterocycles. The van der Waals surface area contributed by atoms with Gasteiger partial charge in [-0.2, -0.15) is 0 Å². The second kappa shape index (κ2) is 4.92. The van der Waals surface area contributed by atoms with Crippen molar-refractivity contribution >= 4 is 17.9 Å². The normalized spacial score (nSPS) is 22.3. The number of pyridine rings is 1. The maximum absolute atomic E-state index is 12.2. The van der Waals surface area contributed by atoms with Gasteiger partial charge >= 0.3 is 6.09 Å². The first-order valence-electron chi connectivity index (χ1n) is 6.36. The molecular formula is C13H13N3O4. The Hall–Kier alpha value is -2.44. The molecule has 7 heteroatoms. The smallest absolute Gasteiger partial charge is 0.417 e. The van der Waals surface area contributed by atoms with E-state index in [1.54, 1.807) is 29.3 Å². The minimum Gasteiger partial charge on any atom is -0.439 e. The molecule has 0 aliphatic carbocycles. The molecule has 2 aliphatic rings. The Morgan fingerprint density at radius 1 is 1.35 bits per heavy atom. The molecule has 0 N–H and O–H groups in total. The lowest BCUT2D eigenvalue weighted by atomic mass is 10.2. The van der Waals surface area contributed by atoms with Crippen molar-refractivity contribution in [3.63, 3.8) is 0 Å². The van der Waals surface area contributed by atoms with Gasteiger partial charge < -0.3 is 9.64 Å². The summed E-state index contributed by atoms with van der Waals surface area (Å²) in [5.74, 6) is -0.528. The number of ether oxygens (including phenoxy) is 1. The Morgan fingerprint density at radius 2 is 2.20 bits per heavy atom. The van der Waals surface area contributed by atoms with Crippen molar-refractivity contribution in [2.75, 3.05) is 19.7 Å². The van der Waals surface area contributed by atoms with Crippen molar-refractivity contribution in [3.8, 4) is 0 Å². The number of likely N-dealkylation sites (tertiary alicyclic amines) is 1. The van der Waals surface area contributed by atoms with E-state index in [4.69, 9.17) is 4.74 Å². The van der Waals surface area contributed by atoms with E-state index in [1.807, 2.05) is 0 Å². The number of aromatic nitrogens is 1. The van der Waals surface area contributed by atoms with Gasteiger partial charge in [0, 0.05) is 19.3 Å². The largest absolute Gasteiger partial charge is 0.439 e. The molecule has 3 amide bonds. The van der Waals surface area contributed by atoms with E-state index in [2.05, 4.69) is 4.98 Å². The fourth-order valence-corrected chi connectivity index (χ4v) is 2.51. The van der Waals surface area contributed by atoms with E-state index in [-0.39, 0.29) is 24.5 Å². The average Bonchev–Trinajstić information content (AvgIpc) is 3.06. The van der Waals surface area contributed by atoms with E-state index in [0.717, 1.165) is 4.90 Å². The summed E-state index contributed by atoms with van der Waals surface area (Å²) < 4.78 is 4.69. The number of amides is 3. The van der Waals surface area contributed by atoms with Gasteiger partial charge in [-0.1, -0.05) is 6.07 Å². The van der Waals surface area contributed by atoms with Crippen LogP contribution in [-0.2, 0) is 9.53 Å². The summed E-state index contributed by atoms with van der Waals surface area (Å²) >= 11 is 0. The molecule has 1 atom stereocenters. The Morgan fingerprint density at radius 3 is 2.85 bits per heavy atom. The molecule has 7 nitrogen and oxygen atoms in total. The summed E-state index contributed by atoms with van der Waals surface area (Å²) in [5, 5.41) is 0. The summed E-state index contributed by atoms with van der Waals surface area (Å²) in [6.07, 6.45) is 1.51. The number of carbonyl (C=O) groups excluding carboxylic acids is 3. The highest BCUT2D eigenvalue weighted by Crippen LogP contribution is 2.21. The molecule has 0 unspecified atom stereocenters. The first-order chi connectivity index (χ1) is 9.66. The molecule has 104 valence electrons. The lowest BCUT2D eigenvalue weighted by molar-refractivity contribution is -0.127. The van der Waals surface area contributed by atoms with Crippen LogP contribution in [0.3, 0.4) is 0 Å². The van der Waals surface area contributed by atoms with Gasteiger partial charge in [-0.25, -0.2) is 9.69 Å². The van der Waals surface area contributed by atoms with Crippen molar-refractivity contribution in [2.24, 2.45) is 0 Å². The zero-order valence-electron chi connectivity index (χ0n) is 10.7. The third-order valence-corrected chi connectivity index (χ3v) is 3.48. The van der Waals surface area contributed by atoms with Crippen LogP contribution in [0, 0.1) is 0 Å². The second-order valence-electron chi connectivity index (χ2n) is 4.73. The summed E-state index contributed by atoms with van der Waals surface area (Å²) in [5.41, 5.74) is 0.364. The average molecular weight is 275 g/mol. The number of rotatable bonds is 2. The Kier molecular flexibility index (Phi) is 3.09. The van der Waals surface area contributed by atoms with Crippen LogP contribution in [0.5, 0.6) is 0 Å². The van der Waals surface area contributed by atoms with Gasteiger partial charge in [0.1, 0.15) is 5.69 Å². The molecule has 2 aliphatic heterocycles. The van der Waals surface area contributed by atoms with Crippen molar-refractivity contribution in [1.82, 2.24) is 14.8 Å². The van der Waals surface area contributed by atoms with Gasteiger partial charge in [0.05, 0.1) is 6.04 Å². The molecule has 2 fully saturated rings. The highest BCUT2D eigenvalue weighted by atomic mass is 16.6. The van der Waals surface area contributed by atoms with Gasteiger partial charge in [-0.3, -0.25) is 14.6 Å². The fourth-order valence-electron chi connectivity index (χ4n) is 2.51. The second-order valence-corrected chi connectivity index (χ2v) is 4.73. The predicted octanol–water partition coefficient (Wildman–Crippen LogP) is 0.275. The number of imide groups is 1. The van der Waals surface area contributed by atoms with Crippen molar-refractivity contribution in [2.45, 2.75) is 12.5 Å². The zero-order valence-corrected chi connectivity index (χ0v) is 10.7. The topological polar surface area (TPSA) is 79.8 Å². The molecular weight excluding hydrogens is 262 g/mol. The molecule has 0 aromatic carbocycles. The number of carbonyl (C=O) groups is 3. The summed E-state index contributed by atoms with van der Waals surface area (Å²) in [6, 6.07) is 4.83. The summed E-state index contributed by atoms with van der Waals surface area (Å²) in [6.45, 7) is 0.622. The van der Waals surface area contributed by atoms with E-state index in [9.17, 15) is 14.4 Å². The summed E-state index contributed by atoms with van der Waals surface area (Å²) in [7, 11) is 0. The van der Waals surface area contributed by atoms with Crippen LogP contribution in [0.15, 0.2) is 24.4 Å². The maximum Gasteiger partial charge on any atom is 0.417 e. The lowest BCUT2D eigenvalue weighted by Gasteiger charge is -2.20. The number of nitrogens with zero attached hydrogens (tertiary/aromatic N) is 3. The molecule has 1 aromatic rings. The number of hydrogen-bond acceptors (Lipinski definition) is 5. The van der Waals surface area contributed by atoms with Gasteiger partial charge in [0.25, 0.3) is 11.8 Å². The van der Waals surface area contributed by atoms with E-state index in [1.165, 1.54) is 0 Å². The van der Waals surface area contributed by atoms with Gasteiger partial charge in [0.15, 0.2) is 6.61 Å². The molecule has 2 saturated heterocycles. The monoisotopic (exact) mass is 275 g/mol. The molecule has 0 bridgehead atoms. The SMILES string of the molecule is O=C(c1ccccn1)N1CC[C@@H](N2C(=O)COC2=O)C1.